The smallest absolute Gasteiger partial charge is 0.263 e. The summed E-state index contributed by atoms with van der Waals surface area (Å²) >= 11 is 6.02. The van der Waals surface area contributed by atoms with Gasteiger partial charge in [0.15, 0.2) is 0 Å². The molecular weight excluding hydrogens is 472 g/mol. The maximum Gasteiger partial charge on any atom is 0.263 e. The number of carbonyl (C=O) groups excluding carboxylic acids is 2. The predicted molar refractivity (Wildman–Crippen MR) is 136 cm³/mol. The highest BCUT2D eigenvalue weighted by Crippen LogP contribution is 2.38. The van der Waals surface area contributed by atoms with Gasteiger partial charge in [-0.2, -0.15) is 0 Å². The van der Waals surface area contributed by atoms with Crippen molar-refractivity contribution in [2.75, 3.05) is 38.1 Å². The van der Waals surface area contributed by atoms with Crippen molar-refractivity contribution in [2.24, 2.45) is 0 Å². The number of anilines is 2. The fraction of sp³-hybridized carbons (Fsp3) is 0.231. The fourth-order valence-electron chi connectivity index (χ4n) is 3.39. The Hall–Kier alpha value is -3.91. The molecule has 0 saturated heterocycles. The van der Waals surface area contributed by atoms with E-state index in [2.05, 4.69) is 10.6 Å². The normalized spacial score (nSPS) is 10.3. The Morgan fingerprint density at radius 1 is 0.743 bits per heavy atom. The summed E-state index contributed by atoms with van der Waals surface area (Å²) in [7, 11) is 2.95. The molecule has 0 bridgehead atoms. The molecule has 0 aliphatic carbocycles. The topological polar surface area (TPSA) is 95.1 Å². The van der Waals surface area contributed by atoms with Crippen LogP contribution in [0, 0.1) is 0 Å². The van der Waals surface area contributed by atoms with Crippen molar-refractivity contribution in [3.05, 3.63) is 70.7 Å². The highest BCUT2D eigenvalue weighted by molar-refractivity contribution is 6.31. The Kier molecular flexibility index (Phi) is 8.80. The molecule has 0 fully saturated rings. The summed E-state index contributed by atoms with van der Waals surface area (Å²) in [6.45, 7) is 4.30. The SMILES string of the molecule is CCOc1cc(NC(=O)c2c(OC)cccc2OC)c(OCC)cc1NC(=O)c1cccc(Cl)c1. The molecule has 0 atom stereocenters. The second kappa shape index (κ2) is 12.0. The molecule has 3 rings (SSSR count). The monoisotopic (exact) mass is 498 g/mol. The Morgan fingerprint density at radius 2 is 1.26 bits per heavy atom. The molecule has 3 aromatic carbocycles. The third-order valence-corrected chi connectivity index (χ3v) is 5.15. The number of carbonyl (C=O) groups is 2. The number of rotatable bonds is 10. The largest absolute Gasteiger partial charge is 0.496 e. The van der Waals surface area contributed by atoms with Crippen LogP contribution >= 0.6 is 11.6 Å². The summed E-state index contributed by atoms with van der Waals surface area (Å²) in [4.78, 5) is 26.0. The molecule has 0 aliphatic rings. The lowest BCUT2D eigenvalue weighted by atomic mass is 10.1. The highest BCUT2D eigenvalue weighted by Gasteiger charge is 2.22. The van der Waals surface area contributed by atoms with Gasteiger partial charge < -0.3 is 29.6 Å². The molecular formula is C26H27ClN2O6. The van der Waals surface area contributed by atoms with E-state index in [9.17, 15) is 9.59 Å². The average Bonchev–Trinajstić information content (AvgIpc) is 2.85. The molecule has 9 heteroatoms. The molecule has 0 saturated carbocycles. The van der Waals surface area contributed by atoms with Gasteiger partial charge in [0.05, 0.1) is 38.8 Å². The molecule has 3 aromatic rings. The van der Waals surface area contributed by atoms with Crippen molar-refractivity contribution >= 4 is 34.8 Å². The Labute approximate surface area is 209 Å². The van der Waals surface area contributed by atoms with Crippen molar-refractivity contribution in [1.82, 2.24) is 0 Å². The van der Waals surface area contributed by atoms with Gasteiger partial charge >= 0.3 is 0 Å². The van der Waals surface area contributed by atoms with Crippen LogP contribution in [0.25, 0.3) is 0 Å². The summed E-state index contributed by atoms with van der Waals surface area (Å²) in [6, 6.07) is 14.9. The summed E-state index contributed by atoms with van der Waals surface area (Å²) in [5.74, 6) is 0.587. The van der Waals surface area contributed by atoms with Gasteiger partial charge in [0, 0.05) is 22.7 Å². The van der Waals surface area contributed by atoms with Crippen LogP contribution in [0.1, 0.15) is 34.6 Å². The van der Waals surface area contributed by atoms with Crippen LogP contribution in [0.3, 0.4) is 0 Å². The van der Waals surface area contributed by atoms with Gasteiger partial charge in [0.2, 0.25) is 0 Å². The first kappa shape index (κ1) is 25.7. The summed E-state index contributed by atoms with van der Waals surface area (Å²) < 4.78 is 22.2. The molecule has 184 valence electrons. The zero-order chi connectivity index (χ0) is 25.4. The number of hydrogen-bond acceptors (Lipinski definition) is 6. The number of hydrogen-bond donors (Lipinski definition) is 2. The van der Waals surface area contributed by atoms with Crippen molar-refractivity contribution in [3.63, 3.8) is 0 Å². The highest BCUT2D eigenvalue weighted by atomic mass is 35.5. The van der Waals surface area contributed by atoms with Gasteiger partial charge in [-0.3, -0.25) is 9.59 Å². The van der Waals surface area contributed by atoms with Crippen LogP contribution in [-0.4, -0.2) is 39.2 Å². The first-order valence-electron chi connectivity index (χ1n) is 10.9. The zero-order valence-electron chi connectivity index (χ0n) is 19.9. The average molecular weight is 499 g/mol. The summed E-state index contributed by atoms with van der Waals surface area (Å²) in [5, 5.41) is 6.12. The molecule has 0 spiro atoms. The third kappa shape index (κ3) is 6.16. The third-order valence-electron chi connectivity index (χ3n) is 4.92. The van der Waals surface area contributed by atoms with Crippen LogP contribution in [0.4, 0.5) is 11.4 Å². The maximum atomic E-state index is 13.2. The quantitative estimate of drug-likeness (QED) is 0.374. The van der Waals surface area contributed by atoms with Gasteiger partial charge in [-0.1, -0.05) is 23.7 Å². The molecule has 2 amide bonds. The Balaban J connectivity index is 1.99. The molecule has 0 unspecified atom stereocenters. The molecule has 0 aromatic heterocycles. The number of benzene rings is 3. The lowest BCUT2D eigenvalue weighted by Crippen LogP contribution is -2.17. The lowest BCUT2D eigenvalue weighted by molar-refractivity contribution is 0.101. The van der Waals surface area contributed by atoms with E-state index in [1.807, 2.05) is 13.8 Å². The van der Waals surface area contributed by atoms with Gasteiger partial charge in [-0.05, 0) is 44.2 Å². The van der Waals surface area contributed by atoms with Crippen molar-refractivity contribution in [2.45, 2.75) is 13.8 Å². The predicted octanol–water partition coefficient (Wildman–Crippen LogP) is 5.66. The number of ether oxygens (including phenoxy) is 4. The number of halogens is 1. The standard InChI is InChI=1S/C26H27ClN2O6/c1-5-34-22-15-19(29-26(31)24-20(32-3)11-8-12-21(24)33-4)23(35-6-2)14-18(22)28-25(30)16-9-7-10-17(27)13-16/h7-15H,5-6H2,1-4H3,(H,28,30)(H,29,31). The molecule has 0 radical (unpaired) electrons. The van der Waals surface area contributed by atoms with Crippen molar-refractivity contribution in [1.29, 1.82) is 0 Å². The van der Waals surface area contributed by atoms with Crippen LogP contribution in [0.2, 0.25) is 5.02 Å². The first-order valence-corrected chi connectivity index (χ1v) is 11.3. The molecule has 0 heterocycles. The minimum Gasteiger partial charge on any atom is -0.496 e. The van der Waals surface area contributed by atoms with Crippen LogP contribution < -0.4 is 29.6 Å². The van der Waals surface area contributed by atoms with Crippen molar-refractivity contribution < 1.29 is 28.5 Å². The van der Waals surface area contributed by atoms with Gasteiger partial charge in [-0.15, -0.1) is 0 Å². The van der Waals surface area contributed by atoms with Crippen molar-refractivity contribution in [3.8, 4) is 23.0 Å². The van der Waals surface area contributed by atoms with E-state index in [1.54, 1.807) is 54.6 Å². The van der Waals surface area contributed by atoms with E-state index >= 15 is 0 Å². The first-order chi connectivity index (χ1) is 16.9. The van der Waals surface area contributed by atoms with Gasteiger partial charge in [0.1, 0.15) is 28.6 Å². The van der Waals surface area contributed by atoms with E-state index < -0.39 is 5.91 Å². The number of methoxy groups -OCH3 is 2. The molecule has 35 heavy (non-hydrogen) atoms. The molecule has 0 aliphatic heterocycles. The molecule has 2 N–H and O–H groups in total. The lowest BCUT2D eigenvalue weighted by Gasteiger charge is -2.19. The summed E-state index contributed by atoms with van der Waals surface area (Å²) in [6.07, 6.45) is 0. The van der Waals surface area contributed by atoms with Crippen LogP contribution in [0.15, 0.2) is 54.6 Å². The van der Waals surface area contributed by atoms with E-state index in [0.29, 0.717) is 58.2 Å². The summed E-state index contributed by atoms with van der Waals surface area (Å²) in [5.41, 5.74) is 1.36. The number of nitrogens with one attached hydrogen (secondary N) is 2. The Morgan fingerprint density at radius 3 is 1.74 bits per heavy atom. The zero-order valence-corrected chi connectivity index (χ0v) is 20.7. The number of amides is 2. The van der Waals surface area contributed by atoms with Crippen LogP contribution in [0.5, 0.6) is 23.0 Å². The van der Waals surface area contributed by atoms with E-state index in [-0.39, 0.29) is 11.5 Å². The second-order valence-electron chi connectivity index (χ2n) is 7.17. The second-order valence-corrected chi connectivity index (χ2v) is 7.60. The van der Waals surface area contributed by atoms with Crippen LogP contribution in [-0.2, 0) is 0 Å². The van der Waals surface area contributed by atoms with E-state index in [0.717, 1.165) is 0 Å². The van der Waals surface area contributed by atoms with E-state index in [4.69, 9.17) is 30.5 Å². The van der Waals surface area contributed by atoms with E-state index in [1.165, 1.54) is 14.2 Å². The minimum absolute atomic E-state index is 0.233. The molecule has 8 nitrogen and oxygen atoms in total. The Bertz CT molecular complexity index is 1190. The van der Waals surface area contributed by atoms with Gasteiger partial charge in [0.25, 0.3) is 11.8 Å². The fourth-order valence-corrected chi connectivity index (χ4v) is 3.58. The maximum absolute atomic E-state index is 13.2. The minimum atomic E-state index is -0.460. The van der Waals surface area contributed by atoms with Gasteiger partial charge in [-0.25, -0.2) is 0 Å².